The van der Waals surface area contributed by atoms with Gasteiger partial charge in [-0.15, -0.1) is 11.3 Å². The van der Waals surface area contributed by atoms with Crippen LogP contribution in [0.2, 0.25) is 0 Å². The van der Waals surface area contributed by atoms with E-state index in [9.17, 15) is 9.90 Å². The van der Waals surface area contributed by atoms with E-state index in [0.717, 1.165) is 46.1 Å². The fraction of sp³-hybridized carbons (Fsp3) is 0.389. The summed E-state index contributed by atoms with van der Waals surface area (Å²) < 4.78 is 5.75. The molecule has 0 saturated carbocycles. The summed E-state index contributed by atoms with van der Waals surface area (Å²) in [5, 5.41) is 12.5. The van der Waals surface area contributed by atoms with Crippen LogP contribution < -0.4 is 10.1 Å². The number of rotatable bonds is 4. The molecule has 0 bridgehead atoms. The van der Waals surface area contributed by atoms with Gasteiger partial charge in [-0.25, -0.2) is 0 Å². The Kier molecular flexibility index (Phi) is 4.26. The molecular weight excluding hydrogens is 324 g/mol. The molecule has 0 unspecified atom stereocenters. The maximum Gasteiger partial charge on any atom is 0.261 e. The van der Waals surface area contributed by atoms with Gasteiger partial charge in [0.1, 0.15) is 12.4 Å². The molecule has 2 aliphatic heterocycles. The molecule has 2 aromatic rings. The van der Waals surface area contributed by atoms with E-state index >= 15 is 0 Å². The average molecular weight is 344 g/mol. The predicted molar refractivity (Wildman–Crippen MR) is 93.5 cm³/mol. The SMILES string of the molecule is O=C(NCCN1CC[C@@H](O)C1)c1cc2c(s1)-c1ccccc1OC2. The first-order valence-corrected chi connectivity index (χ1v) is 9.06. The Labute approximate surface area is 144 Å². The number of nitrogens with zero attached hydrogens (tertiary/aromatic N) is 1. The van der Waals surface area contributed by atoms with Crippen LogP contribution in [-0.4, -0.2) is 48.2 Å². The normalized spacial score (nSPS) is 19.5. The number of hydrogen-bond donors (Lipinski definition) is 2. The number of carbonyl (C=O) groups is 1. The van der Waals surface area contributed by atoms with Gasteiger partial charge >= 0.3 is 0 Å². The van der Waals surface area contributed by atoms with E-state index in [2.05, 4.69) is 10.2 Å². The highest BCUT2D eigenvalue weighted by atomic mass is 32.1. The Balaban J connectivity index is 1.41. The smallest absolute Gasteiger partial charge is 0.261 e. The van der Waals surface area contributed by atoms with Gasteiger partial charge in [-0.05, 0) is 24.6 Å². The van der Waals surface area contributed by atoms with E-state index in [1.807, 2.05) is 30.3 Å². The molecule has 3 heterocycles. The van der Waals surface area contributed by atoms with Crippen molar-refractivity contribution in [3.8, 4) is 16.2 Å². The maximum absolute atomic E-state index is 12.4. The van der Waals surface area contributed by atoms with Crippen molar-refractivity contribution in [2.75, 3.05) is 26.2 Å². The lowest BCUT2D eigenvalue weighted by molar-refractivity contribution is 0.0953. The van der Waals surface area contributed by atoms with E-state index in [0.29, 0.717) is 19.7 Å². The quantitative estimate of drug-likeness (QED) is 0.892. The Hall–Kier alpha value is -1.89. The van der Waals surface area contributed by atoms with Crippen molar-refractivity contribution in [2.45, 2.75) is 19.1 Å². The summed E-state index contributed by atoms with van der Waals surface area (Å²) in [5.74, 6) is 0.845. The molecule has 0 aliphatic carbocycles. The molecule has 5 nitrogen and oxygen atoms in total. The summed E-state index contributed by atoms with van der Waals surface area (Å²) in [6.07, 6.45) is 0.607. The molecule has 126 valence electrons. The van der Waals surface area contributed by atoms with Crippen molar-refractivity contribution in [1.82, 2.24) is 10.2 Å². The number of thiophene rings is 1. The number of hydrogen-bond acceptors (Lipinski definition) is 5. The highest BCUT2D eigenvalue weighted by Gasteiger charge is 2.23. The first kappa shape index (κ1) is 15.6. The molecule has 1 aromatic carbocycles. The molecule has 4 rings (SSSR count). The van der Waals surface area contributed by atoms with Crippen LogP contribution in [0.15, 0.2) is 30.3 Å². The summed E-state index contributed by atoms with van der Waals surface area (Å²) in [6, 6.07) is 9.87. The van der Waals surface area contributed by atoms with Crippen molar-refractivity contribution < 1.29 is 14.6 Å². The molecule has 1 amide bonds. The molecule has 0 spiro atoms. The number of likely N-dealkylation sites (tertiary alicyclic amines) is 1. The van der Waals surface area contributed by atoms with Crippen LogP contribution in [0, 0.1) is 0 Å². The summed E-state index contributed by atoms with van der Waals surface area (Å²) in [4.78, 5) is 16.4. The summed E-state index contributed by atoms with van der Waals surface area (Å²) in [5.41, 5.74) is 2.14. The number of benzene rings is 1. The lowest BCUT2D eigenvalue weighted by Gasteiger charge is -2.16. The fourth-order valence-electron chi connectivity index (χ4n) is 3.24. The van der Waals surface area contributed by atoms with Gasteiger partial charge in [0, 0.05) is 42.2 Å². The number of aliphatic hydroxyl groups excluding tert-OH is 1. The summed E-state index contributed by atoms with van der Waals surface area (Å²) >= 11 is 1.52. The molecule has 6 heteroatoms. The molecule has 2 aliphatic rings. The first-order valence-electron chi connectivity index (χ1n) is 8.24. The van der Waals surface area contributed by atoms with Gasteiger partial charge in [0.15, 0.2) is 0 Å². The molecule has 24 heavy (non-hydrogen) atoms. The molecule has 1 atom stereocenters. The lowest BCUT2D eigenvalue weighted by Crippen LogP contribution is -2.34. The third kappa shape index (κ3) is 3.05. The second-order valence-electron chi connectivity index (χ2n) is 6.25. The first-order chi connectivity index (χ1) is 11.7. The highest BCUT2D eigenvalue weighted by molar-refractivity contribution is 7.17. The Morgan fingerprint density at radius 1 is 1.42 bits per heavy atom. The van der Waals surface area contributed by atoms with Crippen LogP contribution in [-0.2, 0) is 6.61 Å². The minimum Gasteiger partial charge on any atom is -0.488 e. The molecular formula is C18H20N2O3S. The zero-order valence-corrected chi connectivity index (χ0v) is 14.1. The van der Waals surface area contributed by atoms with Crippen molar-refractivity contribution in [3.63, 3.8) is 0 Å². The van der Waals surface area contributed by atoms with Crippen LogP contribution in [0.1, 0.15) is 21.7 Å². The number of ether oxygens (including phenoxy) is 1. The predicted octanol–water partition coefficient (Wildman–Crippen LogP) is 2.10. The number of carbonyl (C=O) groups excluding carboxylic acids is 1. The summed E-state index contributed by atoms with van der Waals surface area (Å²) in [6.45, 7) is 3.50. The average Bonchev–Trinajstić information content (AvgIpc) is 3.21. The van der Waals surface area contributed by atoms with Gasteiger partial charge in [0.05, 0.1) is 11.0 Å². The van der Waals surface area contributed by atoms with Crippen LogP contribution in [0.5, 0.6) is 5.75 Å². The van der Waals surface area contributed by atoms with E-state index in [1.165, 1.54) is 11.3 Å². The van der Waals surface area contributed by atoms with Gasteiger partial charge in [0.25, 0.3) is 5.91 Å². The minimum atomic E-state index is -0.218. The summed E-state index contributed by atoms with van der Waals surface area (Å²) in [7, 11) is 0. The molecule has 0 radical (unpaired) electrons. The number of para-hydroxylation sites is 1. The Morgan fingerprint density at radius 3 is 3.12 bits per heavy atom. The van der Waals surface area contributed by atoms with Crippen LogP contribution in [0.3, 0.4) is 0 Å². The van der Waals surface area contributed by atoms with Gasteiger partial charge in [-0.2, -0.15) is 0 Å². The minimum absolute atomic E-state index is 0.0355. The van der Waals surface area contributed by atoms with Crippen LogP contribution in [0.25, 0.3) is 10.4 Å². The van der Waals surface area contributed by atoms with E-state index in [1.54, 1.807) is 0 Å². The van der Waals surface area contributed by atoms with Gasteiger partial charge in [-0.3, -0.25) is 9.69 Å². The number of nitrogens with one attached hydrogen (secondary N) is 1. The van der Waals surface area contributed by atoms with Crippen LogP contribution in [0.4, 0.5) is 0 Å². The number of amides is 1. The second kappa shape index (κ2) is 6.55. The number of fused-ring (bicyclic) bond motifs is 3. The zero-order chi connectivity index (χ0) is 16.5. The molecule has 1 fully saturated rings. The maximum atomic E-state index is 12.4. The van der Waals surface area contributed by atoms with Crippen LogP contribution >= 0.6 is 11.3 Å². The Morgan fingerprint density at radius 2 is 2.29 bits per heavy atom. The number of aliphatic hydroxyl groups is 1. The molecule has 2 N–H and O–H groups in total. The monoisotopic (exact) mass is 344 g/mol. The van der Waals surface area contributed by atoms with Crippen molar-refractivity contribution in [3.05, 3.63) is 40.8 Å². The zero-order valence-electron chi connectivity index (χ0n) is 13.3. The van der Waals surface area contributed by atoms with E-state index < -0.39 is 0 Å². The van der Waals surface area contributed by atoms with Crippen molar-refractivity contribution in [1.29, 1.82) is 0 Å². The van der Waals surface area contributed by atoms with Crippen molar-refractivity contribution >= 4 is 17.2 Å². The van der Waals surface area contributed by atoms with E-state index in [-0.39, 0.29) is 12.0 Å². The van der Waals surface area contributed by atoms with E-state index in [4.69, 9.17) is 4.74 Å². The van der Waals surface area contributed by atoms with Gasteiger partial charge in [-0.1, -0.05) is 12.1 Å². The van der Waals surface area contributed by atoms with Crippen molar-refractivity contribution in [2.24, 2.45) is 0 Å². The number of β-amino-alcohol motifs (C(OH)–C–C–N with tert-alkyl or cyclic N) is 1. The van der Waals surface area contributed by atoms with Gasteiger partial charge in [0.2, 0.25) is 0 Å². The third-order valence-electron chi connectivity index (χ3n) is 4.51. The third-order valence-corrected chi connectivity index (χ3v) is 5.72. The second-order valence-corrected chi connectivity index (χ2v) is 7.30. The Bertz CT molecular complexity index is 758. The van der Waals surface area contributed by atoms with Gasteiger partial charge < -0.3 is 15.2 Å². The highest BCUT2D eigenvalue weighted by Crippen LogP contribution is 2.42. The lowest BCUT2D eigenvalue weighted by atomic mass is 10.1. The molecule has 1 saturated heterocycles. The largest absolute Gasteiger partial charge is 0.488 e. The fourth-order valence-corrected chi connectivity index (χ4v) is 4.35. The topological polar surface area (TPSA) is 61.8 Å². The molecule has 1 aromatic heterocycles. The standard InChI is InChI=1S/C18H20N2O3S/c21-13-5-7-20(10-13)8-6-19-18(22)16-9-12-11-23-15-4-2-1-3-14(15)17(12)24-16/h1-4,9,13,21H,5-8,10-11H2,(H,19,22)/t13-/m1/s1.